The Morgan fingerprint density at radius 1 is 1.38 bits per heavy atom. The van der Waals surface area contributed by atoms with Crippen LogP contribution in [0.2, 0.25) is 0 Å². The maximum absolute atomic E-state index is 13.4. The molecule has 0 radical (unpaired) electrons. The Morgan fingerprint density at radius 2 is 2.12 bits per heavy atom. The standard InChI is InChI=1S/C12H11F2NO/c13-10-4-9(6-15)12(11(14)5-10)16-7-8-2-1-3-8/h4-5,8H,1-3,7H2. The molecule has 2 nitrogen and oxygen atoms in total. The summed E-state index contributed by atoms with van der Waals surface area (Å²) in [7, 11) is 0. The Bertz CT molecular complexity index is 435. The van der Waals surface area contributed by atoms with Crippen LogP contribution in [0.15, 0.2) is 12.1 Å². The third kappa shape index (κ3) is 2.13. The van der Waals surface area contributed by atoms with Crippen LogP contribution in [0.5, 0.6) is 5.75 Å². The maximum Gasteiger partial charge on any atom is 0.172 e. The summed E-state index contributed by atoms with van der Waals surface area (Å²) in [5.41, 5.74) is -0.0863. The summed E-state index contributed by atoms with van der Waals surface area (Å²) in [6, 6.07) is 3.45. The van der Waals surface area contributed by atoms with Crippen molar-refractivity contribution in [2.24, 2.45) is 5.92 Å². The van der Waals surface area contributed by atoms with E-state index in [4.69, 9.17) is 10.00 Å². The lowest BCUT2D eigenvalue weighted by Gasteiger charge is -2.25. The number of ether oxygens (including phenoxy) is 1. The van der Waals surface area contributed by atoms with Gasteiger partial charge < -0.3 is 4.74 Å². The highest BCUT2D eigenvalue weighted by Gasteiger charge is 2.20. The van der Waals surface area contributed by atoms with Crippen molar-refractivity contribution >= 4 is 0 Å². The molecule has 1 aromatic carbocycles. The summed E-state index contributed by atoms with van der Waals surface area (Å²) in [5, 5.41) is 8.74. The summed E-state index contributed by atoms with van der Waals surface area (Å²) in [6.45, 7) is 0.400. The predicted octanol–water partition coefficient (Wildman–Crippen LogP) is 3.02. The van der Waals surface area contributed by atoms with Gasteiger partial charge in [0, 0.05) is 6.07 Å². The third-order valence-electron chi connectivity index (χ3n) is 2.82. The number of nitrogens with zero attached hydrogens (tertiary/aromatic N) is 1. The average Bonchev–Trinajstić information content (AvgIpc) is 2.17. The second-order valence-corrected chi connectivity index (χ2v) is 3.98. The minimum absolute atomic E-state index is 0.0863. The van der Waals surface area contributed by atoms with Crippen LogP contribution in [0.25, 0.3) is 0 Å². The Kier molecular flexibility index (Phi) is 3.04. The number of nitriles is 1. The van der Waals surface area contributed by atoms with Crippen molar-refractivity contribution in [3.63, 3.8) is 0 Å². The van der Waals surface area contributed by atoms with E-state index in [-0.39, 0.29) is 11.3 Å². The van der Waals surface area contributed by atoms with Crippen LogP contribution in [0, 0.1) is 28.9 Å². The number of benzene rings is 1. The Morgan fingerprint density at radius 3 is 2.69 bits per heavy atom. The summed E-state index contributed by atoms with van der Waals surface area (Å²) < 4.78 is 31.4. The van der Waals surface area contributed by atoms with Crippen molar-refractivity contribution in [1.82, 2.24) is 0 Å². The molecule has 0 aromatic heterocycles. The molecule has 16 heavy (non-hydrogen) atoms. The molecule has 1 saturated carbocycles. The van der Waals surface area contributed by atoms with Gasteiger partial charge in [-0.25, -0.2) is 8.78 Å². The minimum atomic E-state index is -0.809. The van der Waals surface area contributed by atoms with Crippen molar-refractivity contribution in [1.29, 1.82) is 5.26 Å². The summed E-state index contributed by atoms with van der Waals surface area (Å²) in [6.07, 6.45) is 3.32. The van der Waals surface area contributed by atoms with Gasteiger partial charge in [0.05, 0.1) is 12.2 Å². The van der Waals surface area contributed by atoms with Crippen LogP contribution >= 0.6 is 0 Å². The summed E-state index contributed by atoms with van der Waals surface area (Å²) in [4.78, 5) is 0. The zero-order chi connectivity index (χ0) is 11.5. The van der Waals surface area contributed by atoms with E-state index in [0.717, 1.165) is 25.0 Å². The molecule has 2 rings (SSSR count). The number of rotatable bonds is 3. The second kappa shape index (κ2) is 4.48. The molecule has 1 aliphatic rings. The van der Waals surface area contributed by atoms with Gasteiger partial charge in [-0.2, -0.15) is 5.26 Å². The van der Waals surface area contributed by atoms with Crippen molar-refractivity contribution in [3.8, 4) is 11.8 Å². The first-order chi connectivity index (χ1) is 7.70. The van der Waals surface area contributed by atoms with Crippen molar-refractivity contribution in [2.75, 3.05) is 6.61 Å². The number of halogens is 2. The highest BCUT2D eigenvalue weighted by Crippen LogP contribution is 2.29. The first kappa shape index (κ1) is 10.9. The van der Waals surface area contributed by atoms with E-state index in [0.29, 0.717) is 12.5 Å². The SMILES string of the molecule is N#Cc1cc(F)cc(F)c1OCC1CCC1. The first-order valence-corrected chi connectivity index (χ1v) is 5.22. The van der Waals surface area contributed by atoms with Crippen molar-refractivity contribution < 1.29 is 13.5 Å². The largest absolute Gasteiger partial charge is 0.489 e. The zero-order valence-electron chi connectivity index (χ0n) is 8.67. The normalized spacial score (nSPS) is 15.3. The van der Waals surface area contributed by atoms with Gasteiger partial charge in [-0.1, -0.05) is 6.42 Å². The maximum atomic E-state index is 13.4. The molecule has 84 valence electrons. The fourth-order valence-corrected chi connectivity index (χ4v) is 1.65. The predicted molar refractivity (Wildman–Crippen MR) is 53.9 cm³/mol. The topological polar surface area (TPSA) is 33.0 Å². The number of hydrogen-bond acceptors (Lipinski definition) is 2. The molecule has 0 aliphatic heterocycles. The van der Waals surface area contributed by atoms with Gasteiger partial charge in [-0.15, -0.1) is 0 Å². The van der Waals surface area contributed by atoms with Crippen LogP contribution in [-0.2, 0) is 0 Å². The Labute approximate surface area is 92.5 Å². The van der Waals surface area contributed by atoms with E-state index < -0.39 is 11.6 Å². The second-order valence-electron chi connectivity index (χ2n) is 3.98. The molecule has 0 bridgehead atoms. The van der Waals surface area contributed by atoms with Crippen LogP contribution < -0.4 is 4.74 Å². The molecule has 0 unspecified atom stereocenters. The molecule has 0 spiro atoms. The summed E-state index contributed by atoms with van der Waals surface area (Å²) >= 11 is 0. The molecule has 0 heterocycles. The lowest BCUT2D eigenvalue weighted by atomic mass is 9.86. The van der Waals surface area contributed by atoms with E-state index in [1.165, 1.54) is 6.42 Å². The molecule has 0 atom stereocenters. The van der Waals surface area contributed by atoms with Gasteiger partial charge in [0.1, 0.15) is 11.9 Å². The summed E-state index contributed by atoms with van der Waals surface area (Å²) in [5.74, 6) is -1.26. The molecule has 1 fully saturated rings. The molecule has 0 amide bonds. The minimum Gasteiger partial charge on any atom is -0.489 e. The van der Waals surface area contributed by atoms with E-state index in [1.807, 2.05) is 0 Å². The molecular formula is C12H11F2NO. The monoisotopic (exact) mass is 223 g/mol. The molecule has 0 saturated heterocycles. The van der Waals surface area contributed by atoms with Gasteiger partial charge in [-0.05, 0) is 24.8 Å². The highest BCUT2D eigenvalue weighted by molar-refractivity contribution is 5.44. The zero-order valence-corrected chi connectivity index (χ0v) is 8.67. The average molecular weight is 223 g/mol. The highest BCUT2D eigenvalue weighted by atomic mass is 19.1. The van der Waals surface area contributed by atoms with E-state index in [9.17, 15) is 8.78 Å². The van der Waals surface area contributed by atoms with Crippen LogP contribution in [0.1, 0.15) is 24.8 Å². The van der Waals surface area contributed by atoms with Gasteiger partial charge in [-0.3, -0.25) is 0 Å². The van der Waals surface area contributed by atoms with E-state index >= 15 is 0 Å². The Hall–Kier alpha value is -1.63. The van der Waals surface area contributed by atoms with E-state index in [1.54, 1.807) is 6.07 Å². The fraction of sp³-hybridized carbons (Fsp3) is 0.417. The lowest BCUT2D eigenvalue weighted by Crippen LogP contribution is -2.20. The molecule has 1 aromatic rings. The van der Waals surface area contributed by atoms with Crippen LogP contribution in [-0.4, -0.2) is 6.61 Å². The number of hydrogen-bond donors (Lipinski definition) is 0. The quantitative estimate of drug-likeness (QED) is 0.789. The van der Waals surface area contributed by atoms with Crippen molar-refractivity contribution in [2.45, 2.75) is 19.3 Å². The van der Waals surface area contributed by atoms with Gasteiger partial charge >= 0.3 is 0 Å². The van der Waals surface area contributed by atoms with Gasteiger partial charge in [0.25, 0.3) is 0 Å². The molecule has 4 heteroatoms. The smallest absolute Gasteiger partial charge is 0.172 e. The van der Waals surface area contributed by atoms with Gasteiger partial charge in [0.2, 0.25) is 0 Å². The fourth-order valence-electron chi connectivity index (χ4n) is 1.65. The van der Waals surface area contributed by atoms with E-state index in [2.05, 4.69) is 0 Å². The first-order valence-electron chi connectivity index (χ1n) is 5.22. The lowest BCUT2D eigenvalue weighted by molar-refractivity contribution is 0.175. The Balaban J connectivity index is 2.15. The molecule has 0 N–H and O–H groups in total. The van der Waals surface area contributed by atoms with Crippen LogP contribution in [0.3, 0.4) is 0 Å². The van der Waals surface area contributed by atoms with Gasteiger partial charge in [0.15, 0.2) is 11.6 Å². The van der Waals surface area contributed by atoms with Crippen LogP contribution in [0.4, 0.5) is 8.78 Å². The van der Waals surface area contributed by atoms with Crippen molar-refractivity contribution in [3.05, 3.63) is 29.3 Å². The third-order valence-corrected chi connectivity index (χ3v) is 2.82. The molecular weight excluding hydrogens is 212 g/mol. The molecule has 1 aliphatic carbocycles.